The van der Waals surface area contributed by atoms with Gasteiger partial charge in [0.15, 0.2) is 11.0 Å². The van der Waals surface area contributed by atoms with Crippen molar-refractivity contribution in [1.82, 2.24) is 14.8 Å². The van der Waals surface area contributed by atoms with Crippen LogP contribution >= 0.6 is 23.4 Å². The lowest BCUT2D eigenvalue weighted by atomic mass is 10.2. The summed E-state index contributed by atoms with van der Waals surface area (Å²) >= 11 is 7.05. The van der Waals surface area contributed by atoms with Gasteiger partial charge in [0.25, 0.3) is 0 Å². The molecular formula is C18H14ClF3N4OS. The van der Waals surface area contributed by atoms with Gasteiger partial charge in [-0.2, -0.15) is 13.2 Å². The molecule has 3 rings (SSSR count). The Morgan fingerprint density at radius 2 is 1.75 bits per heavy atom. The molecule has 0 saturated carbocycles. The minimum absolute atomic E-state index is 0.0353. The quantitative estimate of drug-likeness (QED) is 0.590. The topological polar surface area (TPSA) is 59.8 Å². The SMILES string of the molecule is Cn1c(SCC(=O)Nc2ccc(C(F)(F)F)cc2)nnc1-c1ccc(Cl)cc1. The Kier molecular flexibility index (Phi) is 5.95. The first-order valence-electron chi connectivity index (χ1n) is 7.99. The van der Waals surface area contributed by atoms with E-state index in [1.807, 2.05) is 12.1 Å². The molecule has 1 N–H and O–H groups in total. The van der Waals surface area contributed by atoms with Gasteiger partial charge in [-0.3, -0.25) is 4.79 Å². The molecule has 0 saturated heterocycles. The average Bonchev–Trinajstić information content (AvgIpc) is 3.01. The highest BCUT2D eigenvalue weighted by atomic mass is 35.5. The molecule has 0 radical (unpaired) electrons. The first-order valence-corrected chi connectivity index (χ1v) is 9.35. The second-order valence-electron chi connectivity index (χ2n) is 5.78. The molecule has 0 unspecified atom stereocenters. The highest BCUT2D eigenvalue weighted by Gasteiger charge is 2.30. The number of rotatable bonds is 5. The zero-order valence-corrected chi connectivity index (χ0v) is 16.1. The number of halogens is 4. The van der Waals surface area contributed by atoms with Crippen molar-refractivity contribution in [2.24, 2.45) is 7.05 Å². The van der Waals surface area contributed by atoms with Crippen LogP contribution in [-0.4, -0.2) is 26.4 Å². The van der Waals surface area contributed by atoms with E-state index >= 15 is 0 Å². The predicted molar refractivity (Wildman–Crippen MR) is 102 cm³/mol. The lowest BCUT2D eigenvalue weighted by molar-refractivity contribution is -0.137. The molecule has 5 nitrogen and oxygen atoms in total. The van der Waals surface area contributed by atoms with E-state index in [2.05, 4.69) is 15.5 Å². The van der Waals surface area contributed by atoms with Crippen molar-refractivity contribution in [3.05, 3.63) is 59.1 Å². The molecule has 10 heteroatoms. The Balaban J connectivity index is 1.60. The number of hydrogen-bond donors (Lipinski definition) is 1. The smallest absolute Gasteiger partial charge is 0.325 e. The minimum Gasteiger partial charge on any atom is -0.325 e. The molecule has 0 bridgehead atoms. The third-order valence-electron chi connectivity index (χ3n) is 3.77. The molecule has 0 atom stereocenters. The molecule has 2 aromatic carbocycles. The number of nitrogens with one attached hydrogen (secondary N) is 1. The average molecular weight is 427 g/mol. The van der Waals surface area contributed by atoms with Gasteiger partial charge in [-0.1, -0.05) is 23.4 Å². The van der Waals surface area contributed by atoms with Gasteiger partial charge < -0.3 is 9.88 Å². The summed E-state index contributed by atoms with van der Waals surface area (Å²) in [6.45, 7) is 0. The molecule has 1 heterocycles. The summed E-state index contributed by atoms with van der Waals surface area (Å²) in [5.74, 6) is 0.302. The van der Waals surface area contributed by atoms with Gasteiger partial charge in [-0.15, -0.1) is 10.2 Å². The van der Waals surface area contributed by atoms with Crippen molar-refractivity contribution in [1.29, 1.82) is 0 Å². The molecule has 1 amide bonds. The van der Waals surface area contributed by atoms with E-state index in [9.17, 15) is 18.0 Å². The number of amides is 1. The molecule has 0 aliphatic heterocycles. The number of hydrogen-bond acceptors (Lipinski definition) is 4. The lowest BCUT2D eigenvalue weighted by Gasteiger charge is -2.09. The van der Waals surface area contributed by atoms with Crippen LogP contribution in [-0.2, 0) is 18.0 Å². The zero-order valence-electron chi connectivity index (χ0n) is 14.5. The normalized spacial score (nSPS) is 11.5. The van der Waals surface area contributed by atoms with Crippen molar-refractivity contribution < 1.29 is 18.0 Å². The first kappa shape index (κ1) is 20.2. The van der Waals surface area contributed by atoms with Gasteiger partial charge in [-0.05, 0) is 48.5 Å². The van der Waals surface area contributed by atoms with Crippen LogP contribution in [0.15, 0.2) is 53.7 Å². The number of carbonyl (C=O) groups excluding carboxylic acids is 1. The number of anilines is 1. The first-order chi connectivity index (χ1) is 13.2. The molecule has 0 fully saturated rings. The maximum absolute atomic E-state index is 12.6. The number of aromatic nitrogens is 3. The fraction of sp³-hybridized carbons (Fsp3) is 0.167. The fourth-order valence-electron chi connectivity index (χ4n) is 2.36. The van der Waals surface area contributed by atoms with Gasteiger partial charge >= 0.3 is 6.18 Å². The molecular weight excluding hydrogens is 413 g/mol. The predicted octanol–water partition coefficient (Wildman–Crippen LogP) is 4.89. The Labute approximate surface area is 167 Å². The minimum atomic E-state index is -4.41. The van der Waals surface area contributed by atoms with Crippen LogP contribution in [0.2, 0.25) is 5.02 Å². The van der Waals surface area contributed by atoms with Crippen LogP contribution in [0.25, 0.3) is 11.4 Å². The van der Waals surface area contributed by atoms with Crippen LogP contribution < -0.4 is 5.32 Å². The van der Waals surface area contributed by atoms with Gasteiger partial charge in [-0.25, -0.2) is 0 Å². The Hall–Kier alpha value is -2.52. The van der Waals surface area contributed by atoms with Gasteiger partial charge in [0.05, 0.1) is 11.3 Å². The van der Waals surface area contributed by atoms with Gasteiger partial charge in [0.1, 0.15) is 0 Å². The second kappa shape index (κ2) is 8.24. The summed E-state index contributed by atoms with van der Waals surface area (Å²) < 4.78 is 39.4. The highest BCUT2D eigenvalue weighted by Crippen LogP contribution is 2.30. The molecule has 1 aromatic heterocycles. The molecule has 0 aliphatic rings. The summed E-state index contributed by atoms with van der Waals surface area (Å²) in [5.41, 5.74) is 0.354. The molecule has 0 spiro atoms. The van der Waals surface area contributed by atoms with Crippen molar-refractivity contribution in [2.75, 3.05) is 11.1 Å². The highest BCUT2D eigenvalue weighted by molar-refractivity contribution is 7.99. The number of benzene rings is 2. The molecule has 3 aromatic rings. The summed E-state index contributed by atoms with van der Waals surface area (Å²) in [6.07, 6.45) is -4.41. The fourth-order valence-corrected chi connectivity index (χ4v) is 3.20. The van der Waals surface area contributed by atoms with E-state index in [1.54, 1.807) is 23.7 Å². The van der Waals surface area contributed by atoms with Crippen LogP contribution in [0.5, 0.6) is 0 Å². The third-order valence-corrected chi connectivity index (χ3v) is 5.04. The Bertz CT molecular complexity index is 972. The van der Waals surface area contributed by atoms with Crippen molar-refractivity contribution in [3.8, 4) is 11.4 Å². The zero-order chi connectivity index (χ0) is 20.3. The largest absolute Gasteiger partial charge is 0.416 e. The van der Waals surface area contributed by atoms with E-state index in [4.69, 9.17) is 11.6 Å². The van der Waals surface area contributed by atoms with E-state index in [0.29, 0.717) is 21.7 Å². The summed E-state index contributed by atoms with van der Waals surface area (Å²) in [5, 5.41) is 11.9. The lowest BCUT2D eigenvalue weighted by Crippen LogP contribution is -2.14. The summed E-state index contributed by atoms with van der Waals surface area (Å²) in [7, 11) is 1.78. The van der Waals surface area contributed by atoms with E-state index in [1.165, 1.54) is 23.9 Å². The Morgan fingerprint density at radius 3 is 2.36 bits per heavy atom. The van der Waals surface area contributed by atoms with Gasteiger partial charge in [0.2, 0.25) is 5.91 Å². The number of alkyl halides is 3. The standard InChI is InChI=1S/C18H14ClF3N4OS/c1-26-16(11-2-6-13(19)7-3-11)24-25-17(26)28-10-15(27)23-14-8-4-12(5-9-14)18(20,21)22/h2-9H,10H2,1H3,(H,23,27). The monoisotopic (exact) mass is 426 g/mol. The maximum atomic E-state index is 12.6. The second-order valence-corrected chi connectivity index (χ2v) is 7.16. The van der Waals surface area contributed by atoms with E-state index < -0.39 is 11.7 Å². The summed E-state index contributed by atoms with van der Waals surface area (Å²) in [6, 6.07) is 11.4. The van der Waals surface area contributed by atoms with Crippen LogP contribution in [0.1, 0.15) is 5.56 Å². The van der Waals surface area contributed by atoms with Crippen LogP contribution in [0, 0.1) is 0 Å². The van der Waals surface area contributed by atoms with Crippen molar-refractivity contribution >= 4 is 35.0 Å². The van der Waals surface area contributed by atoms with Gasteiger partial charge in [0, 0.05) is 23.3 Å². The Morgan fingerprint density at radius 1 is 1.11 bits per heavy atom. The van der Waals surface area contributed by atoms with Crippen LogP contribution in [0.3, 0.4) is 0 Å². The van der Waals surface area contributed by atoms with Crippen molar-refractivity contribution in [3.63, 3.8) is 0 Å². The van der Waals surface area contributed by atoms with E-state index in [0.717, 1.165) is 17.7 Å². The number of nitrogens with zero attached hydrogens (tertiary/aromatic N) is 3. The molecule has 0 aliphatic carbocycles. The van der Waals surface area contributed by atoms with Crippen LogP contribution in [0.4, 0.5) is 18.9 Å². The summed E-state index contributed by atoms with van der Waals surface area (Å²) in [4.78, 5) is 12.1. The molecule has 146 valence electrons. The molecule has 28 heavy (non-hydrogen) atoms. The van der Waals surface area contributed by atoms with Crippen molar-refractivity contribution in [2.45, 2.75) is 11.3 Å². The number of thioether (sulfide) groups is 1. The third kappa shape index (κ3) is 4.85. The number of carbonyl (C=O) groups is 1. The van der Waals surface area contributed by atoms with E-state index in [-0.39, 0.29) is 11.7 Å². The maximum Gasteiger partial charge on any atom is 0.416 e.